The third kappa shape index (κ3) is 3.30. The lowest BCUT2D eigenvalue weighted by atomic mass is 9.93. The molecule has 2 aromatic carbocycles. The highest BCUT2D eigenvalue weighted by atomic mass is 32.2. The highest BCUT2D eigenvalue weighted by Crippen LogP contribution is 2.39. The molecule has 0 fully saturated rings. The molecule has 1 unspecified atom stereocenters. The number of halogens is 1. The minimum atomic E-state index is -3.71. The smallest absolute Gasteiger partial charge is 0.240 e. The SMILES string of the molecule is O=S(=O)(NCC1CCOc2c(O)cccc21)c1ccc(F)cc1. The second-order valence-electron chi connectivity index (χ2n) is 5.34. The van der Waals surface area contributed by atoms with Crippen LogP contribution in [0.15, 0.2) is 47.4 Å². The molecular weight excluding hydrogens is 321 g/mol. The van der Waals surface area contributed by atoms with Gasteiger partial charge in [0.2, 0.25) is 10.0 Å². The predicted molar refractivity (Wildman–Crippen MR) is 82.5 cm³/mol. The van der Waals surface area contributed by atoms with Gasteiger partial charge in [-0.05, 0) is 36.8 Å². The number of phenols is 1. The molecule has 0 aromatic heterocycles. The van der Waals surface area contributed by atoms with Gasteiger partial charge in [-0.1, -0.05) is 12.1 Å². The Bertz CT molecular complexity index is 805. The van der Waals surface area contributed by atoms with Crippen LogP contribution >= 0.6 is 0 Å². The van der Waals surface area contributed by atoms with Gasteiger partial charge in [-0.25, -0.2) is 17.5 Å². The normalized spacial score (nSPS) is 17.3. The molecule has 122 valence electrons. The number of aromatic hydroxyl groups is 1. The topological polar surface area (TPSA) is 75.6 Å². The molecule has 2 aromatic rings. The average Bonchev–Trinajstić information content (AvgIpc) is 2.54. The van der Waals surface area contributed by atoms with Gasteiger partial charge in [-0.15, -0.1) is 0 Å². The lowest BCUT2D eigenvalue weighted by molar-refractivity contribution is 0.254. The molecule has 1 aliphatic rings. The highest BCUT2D eigenvalue weighted by molar-refractivity contribution is 7.89. The Morgan fingerprint density at radius 3 is 2.70 bits per heavy atom. The van der Waals surface area contributed by atoms with E-state index in [0.29, 0.717) is 18.8 Å². The van der Waals surface area contributed by atoms with E-state index in [0.717, 1.165) is 17.7 Å². The van der Waals surface area contributed by atoms with Crippen molar-refractivity contribution in [2.24, 2.45) is 0 Å². The summed E-state index contributed by atoms with van der Waals surface area (Å²) in [6.07, 6.45) is 0.641. The molecule has 0 saturated carbocycles. The number of benzene rings is 2. The van der Waals surface area contributed by atoms with Crippen molar-refractivity contribution in [3.63, 3.8) is 0 Å². The van der Waals surface area contributed by atoms with Crippen LogP contribution in [0.5, 0.6) is 11.5 Å². The lowest BCUT2D eigenvalue weighted by Crippen LogP contribution is -2.30. The molecule has 1 aliphatic heterocycles. The Balaban J connectivity index is 1.77. The number of hydrogen-bond acceptors (Lipinski definition) is 4. The first kappa shape index (κ1) is 15.8. The van der Waals surface area contributed by atoms with Gasteiger partial charge in [0, 0.05) is 18.0 Å². The maximum absolute atomic E-state index is 12.9. The monoisotopic (exact) mass is 337 g/mol. The van der Waals surface area contributed by atoms with E-state index in [4.69, 9.17) is 4.74 Å². The Morgan fingerprint density at radius 2 is 1.96 bits per heavy atom. The number of rotatable bonds is 4. The Labute approximate surface area is 133 Å². The van der Waals surface area contributed by atoms with Gasteiger partial charge in [0.25, 0.3) is 0 Å². The second kappa shape index (κ2) is 6.17. The number of ether oxygens (including phenoxy) is 1. The van der Waals surface area contributed by atoms with Gasteiger partial charge in [-0.3, -0.25) is 0 Å². The fourth-order valence-electron chi connectivity index (χ4n) is 2.60. The van der Waals surface area contributed by atoms with Crippen molar-refractivity contribution in [2.45, 2.75) is 17.2 Å². The molecule has 0 radical (unpaired) electrons. The highest BCUT2D eigenvalue weighted by Gasteiger charge is 2.25. The van der Waals surface area contributed by atoms with Crippen molar-refractivity contribution >= 4 is 10.0 Å². The van der Waals surface area contributed by atoms with Crippen LogP contribution in [0, 0.1) is 5.82 Å². The minimum absolute atomic E-state index is 0.0158. The van der Waals surface area contributed by atoms with E-state index < -0.39 is 15.8 Å². The maximum atomic E-state index is 12.9. The Morgan fingerprint density at radius 1 is 1.22 bits per heavy atom. The van der Waals surface area contributed by atoms with Crippen LogP contribution in [0.2, 0.25) is 0 Å². The van der Waals surface area contributed by atoms with Crippen LogP contribution in [0.4, 0.5) is 4.39 Å². The quantitative estimate of drug-likeness (QED) is 0.898. The fraction of sp³-hybridized carbons (Fsp3) is 0.250. The minimum Gasteiger partial charge on any atom is -0.504 e. The summed E-state index contributed by atoms with van der Waals surface area (Å²) in [7, 11) is -3.71. The molecule has 1 heterocycles. The van der Waals surface area contributed by atoms with Crippen molar-refractivity contribution in [1.29, 1.82) is 0 Å². The molecule has 0 saturated heterocycles. The van der Waals surface area contributed by atoms with E-state index in [1.54, 1.807) is 6.07 Å². The third-order valence-corrected chi connectivity index (χ3v) is 5.26. The second-order valence-corrected chi connectivity index (χ2v) is 7.10. The molecule has 3 rings (SSSR count). The summed E-state index contributed by atoms with van der Waals surface area (Å²) in [6, 6.07) is 9.70. The summed E-state index contributed by atoms with van der Waals surface area (Å²) in [5.41, 5.74) is 0.776. The summed E-state index contributed by atoms with van der Waals surface area (Å²) in [4.78, 5) is 0.0158. The largest absolute Gasteiger partial charge is 0.504 e. The summed E-state index contributed by atoms with van der Waals surface area (Å²) in [5, 5.41) is 9.81. The number of phenolic OH excluding ortho intramolecular Hbond substituents is 1. The first-order valence-electron chi connectivity index (χ1n) is 7.17. The summed E-state index contributed by atoms with van der Waals surface area (Å²) in [5.74, 6) is -0.128. The van der Waals surface area contributed by atoms with E-state index in [9.17, 15) is 17.9 Å². The Kier molecular flexibility index (Phi) is 4.23. The molecule has 23 heavy (non-hydrogen) atoms. The Hall–Kier alpha value is -2.12. The lowest BCUT2D eigenvalue weighted by Gasteiger charge is -2.26. The number of fused-ring (bicyclic) bond motifs is 1. The van der Waals surface area contributed by atoms with Crippen LogP contribution in [0.1, 0.15) is 17.9 Å². The van der Waals surface area contributed by atoms with Crippen molar-refractivity contribution in [3.8, 4) is 11.5 Å². The van der Waals surface area contributed by atoms with Gasteiger partial charge in [-0.2, -0.15) is 0 Å². The molecule has 0 amide bonds. The van der Waals surface area contributed by atoms with Gasteiger partial charge >= 0.3 is 0 Å². The molecule has 0 aliphatic carbocycles. The number of sulfonamides is 1. The van der Waals surface area contributed by atoms with Crippen molar-refractivity contribution in [1.82, 2.24) is 4.72 Å². The first-order valence-corrected chi connectivity index (χ1v) is 8.65. The zero-order valence-corrected chi connectivity index (χ0v) is 13.0. The van der Waals surface area contributed by atoms with Gasteiger partial charge in [0.1, 0.15) is 5.82 Å². The maximum Gasteiger partial charge on any atom is 0.240 e. The van der Waals surface area contributed by atoms with Gasteiger partial charge in [0.15, 0.2) is 11.5 Å². The van der Waals surface area contributed by atoms with Gasteiger partial charge in [0.05, 0.1) is 11.5 Å². The van der Waals surface area contributed by atoms with E-state index in [1.165, 1.54) is 18.2 Å². The van der Waals surface area contributed by atoms with E-state index in [-0.39, 0.29) is 23.1 Å². The molecule has 1 atom stereocenters. The summed E-state index contributed by atoms with van der Waals surface area (Å²) < 4.78 is 45.4. The van der Waals surface area contributed by atoms with E-state index >= 15 is 0 Å². The van der Waals surface area contributed by atoms with Crippen LogP contribution in [0.25, 0.3) is 0 Å². The molecule has 0 bridgehead atoms. The zero-order valence-electron chi connectivity index (χ0n) is 12.2. The number of hydrogen-bond donors (Lipinski definition) is 2. The van der Waals surface area contributed by atoms with Crippen molar-refractivity contribution in [3.05, 3.63) is 53.8 Å². The average molecular weight is 337 g/mol. The summed E-state index contributed by atoms with van der Waals surface area (Å²) in [6.45, 7) is 0.590. The molecule has 2 N–H and O–H groups in total. The van der Waals surface area contributed by atoms with Crippen LogP contribution < -0.4 is 9.46 Å². The van der Waals surface area contributed by atoms with Crippen LogP contribution in [0.3, 0.4) is 0 Å². The molecular formula is C16H16FNO4S. The standard InChI is InChI=1S/C16H16FNO4S/c17-12-4-6-13(7-5-12)23(20,21)18-10-11-8-9-22-16-14(11)2-1-3-15(16)19/h1-7,11,18-19H,8-10H2. The number of nitrogens with one attached hydrogen (secondary N) is 1. The first-order chi connectivity index (χ1) is 11.0. The number of para-hydroxylation sites is 1. The summed E-state index contributed by atoms with van der Waals surface area (Å²) >= 11 is 0. The van der Waals surface area contributed by atoms with Crippen LogP contribution in [-0.2, 0) is 10.0 Å². The van der Waals surface area contributed by atoms with E-state index in [1.807, 2.05) is 6.07 Å². The molecule has 0 spiro atoms. The van der Waals surface area contributed by atoms with Gasteiger partial charge < -0.3 is 9.84 Å². The zero-order chi connectivity index (χ0) is 16.4. The fourth-order valence-corrected chi connectivity index (χ4v) is 3.68. The molecule has 5 nitrogen and oxygen atoms in total. The van der Waals surface area contributed by atoms with Crippen LogP contribution in [-0.4, -0.2) is 26.7 Å². The van der Waals surface area contributed by atoms with Crippen molar-refractivity contribution in [2.75, 3.05) is 13.2 Å². The third-order valence-electron chi connectivity index (χ3n) is 3.82. The molecule has 7 heteroatoms. The van der Waals surface area contributed by atoms with Crippen molar-refractivity contribution < 1.29 is 22.7 Å². The van der Waals surface area contributed by atoms with E-state index in [2.05, 4.69) is 4.72 Å². The predicted octanol–water partition coefficient (Wildman–Crippen LogP) is 2.38.